The minimum atomic E-state index is 0.142. The Morgan fingerprint density at radius 3 is 1.27 bits per heavy atom. The quantitative estimate of drug-likeness (QED) is 0.178. The van der Waals surface area contributed by atoms with Crippen LogP contribution in [0.25, 0.3) is 91.3 Å². The summed E-state index contributed by atoms with van der Waals surface area (Å²) in [4.78, 5) is 32.5. The van der Waals surface area contributed by atoms with Gasteiger partial charge in [-0.05, 0) is 103 Å². The van der Waals surface area contributed by atoms with Crippen molar-refractivity contribution in [2.45, 2.75) is 0 Å². The smallest absolute Gasteiger partial charge is 0.0753 e. The number of nitrogens with one attached hydrogen (secondary N) is 2. The Labute approximate surface area is 317 Å². The topological polar surface area (TPSA) is 96.0 Å². The van der Waals surface area contributed by atoms with Gasteiger partial charge in [-0.3, -0.25) is 15.0 Å². The summed E-state index contributed by atoms with van der Waals surface area (Å²) in [5.41, 5.74) is 14.8. The van der Waals surface area contributed by atoms with Crippen molar-refractivity contribution in [2.75, 3.05) is 0 Å². The van der Waals surface area contributed by atoms with E-state index in [0.717, 1.165) is 95.3 Å². The van der Waals surface area contributed by atoms with Gasteiger partial charge >= 0.3 is 0 Å². The molecule has 3 aliphatic rings. The predicted molar refractivity (Wildman–Crippen MR) is 223 cm³/mol. The highest BCUT2D eigenvalue weighted by Gasteiger charge is 2.19. The van der Waals surface area contributed by atoms with E-state index in [4.69, 9.17) is 24.9 Å². The van der Waals surface area contributed by atoms with Crippen molar-refractivity contribution in [3.63, 3.8) is 0 Å². The summed E-state index contributed by atoms with van der Waals surface area (Å²) in [6.45, 7) is 0. The second-order valence-corrected chi connectivity index (χ2v) is 13.3. The molecule has 0 fully saturated rings. The van der Waals surface area contributed by atoms with Gasteiger partial charge < -0.3 is 9.97 Å². The number of aromatic amines is 2. The minimum Gasteiger partial charge on any atom is -0.354 e. The van der Waals surface area contributed by atoms with Crippen LogP contribution in [0.3, 0.4) is 0 Å². The number of pyridine rings is 3. The van der Waals surface area contributed by atoms with Crippen LogP contribution < -0.4 is 0 Å². The van der Waals surface area contributed by atoms with Gasteiger partial charge in [-0.25, -0.2) is 9.97 Å². The Kier molecular flexibility index (Phi) is 7.97. The Bertz CT molecular complexity index is 2910. The summed E-state index contributed by atoms with van der Waals surface area (Å²) in [5, 5.41) is 0. The van der Waals surface area contributed by atoms with Crippen molar-refractivity contribution in [3.05, 3.63) is 174 Å². The fourth-order valence-electron chi connectivity index (χ4n) is 7.26. The van der Waals surface area contributed by atoms with Crippen molar-refractivity contribution in [2.24, 2.45) is 5.92 Å². The maximum Gasteiger partial charge on any atom is 0.0753 e. The standard InChI is InChI=1S/C48H31N7/c1-2-10-31(9-1)14-15-32-16-18-33(19-17-32)45-37-20-22-39(52-37)46(34-11-3-6-28-49-34)41-24-26-43(54-41)48(36-13-5-8-30-51-36)44-27-25-42(55-44)47(35-12-4-7-29-50-35)40-23-21-38(45)53-40/h1-13,16-31,52,55H. The number of fused-ring (bicyclic) bond motifs is 8. The zero-order valence-electron chi connectivity index (χ0n) is 29.5. The van der Waals surface area contributed by atoms with Crippen LogP contribution in [0.4, 0.5) is 0 Å². The van der Waals surface area contributed by atoms with E-state index >= 15 is 0 Å². The zero-order valence-corrected chi connectivity index (χ0v) is 29.5. The number of H-pyrrole nitrogens is 2. The lowest BCUT2D eigenvalue weighted by molar-refractivity contribution is 1.15. The molecule has 1 aliphatic carbocycles. The molecule has 10 rings (SSSR count). The molecule has 6 aromatic heterocycles. The SMILES string of the molecule is C(#CC1C=CC=C1)c1ccc(-c2c3nc(c(-c4ccccn4)c4ccc([nH]4)c(-c4ccccn4)c4nc(c(-c5ccccn5)c5ccc2[nH]5)C=C4)C=C3)cc1. The second-order valence-electron chi connectivity index (χ2n) is 13.3. The van der Waals surface area contributed by atoms with Gasteiger partial charge in [0.15, 0.2) is 0 Å². The van der Waals surface area contributed by atoms with E-state index in [2.05, 4.69) is 107 Å². The fourth-order valence-corrected chi connectivity index (χ4v) is 7.26. The number of aromatic nitrogens is 7. The molecule has 0 saturated heterocycles. The Balaban J connectivity index is 1.30. The van der Waals surface area contributed by atoms with Crippen molar-refractivity contribution in [1.29, 1.82) is 0 Å². The van der Waals surface area contributed by atoms with E-state index in [1.807, 2.05) is 85.3 Å². The van der Waals surface area contributed by atoms with E-state index < -0.39 is 0 Å². The first kappa shape index (κ1) is 32.0. The van der Waals surface area contributed by atoms with E-state index in [1.54, 1.807) is 0 Å². The van der Waals surface area contributed by atoms with Gasteiger partial charge in [0, 0.05) is 51.9 Å². The number of benzene rings is 1. The highest BCUT2D eigenvalue weighted by Crippen LogP contribution is 2.37. The maximum absolute atomic E-state index is 5.35. The highest BCUT2D eigenvalue weighted by molar-refractivity contribution is 5.99. The molecule has 258 valence electrons. The average Bonchev–Trinajstić information content (AvgIpc) is 4.10. The molecule has 7 nitrogen and oxygen atoms in total. The Morgan fingerprint density at radius 1 is 0.436 bits per heavy atom. The highest BCUT2D eigenvalue weighted by atomic mass is 14.8. The van der Waals surface area contributed by atoms with Gasteiger partial charge in [0.1, 0.15) is 0 Å². The summed E-state index contributed by atoms with van der Waals surface area (Å²) >= 11 is 0. The third kappa shape index (κ3) is 6.08. The first-order valence-corrected chi connectivity index (χ1v) is 18.1. The molecule has 8 bridgehead atoms. The lowest BCUT2D eigenvalue weighted by Crippen LogP contribution is -1.91. The van der Waals surface area contributed by atoms with Crippen molar-refractivity contribution in [1.82, 2.24) is 34.9 Å². The Hall–Kier alpha value is -7.69. The molecule has 7 aromatic rings. The van der Waals surface area contributed by atoms with E-state index in [1.165, 1.54) is 0 Å². The van der Waals surface area contributed by atoms with E-state index in [-0.39, 0.29) is 5.92 Å². The number of hydrogen-bond acceptors (Lipinski definition) is 5. The van der Waals surface area contributed by atoms with Gasteiger partial charge in [-0.15, -0.1) is 0 Å². The molecule has 0 saturated carbocycles. The molecule has 0 radical (unpaired) electrons. The molecule has 0 amide bonds. The van der Waals surface area contributed by atoms with Crippen LogP contribution in [-0.2, 0) is 0 Å². The molecule has 0 spiro atoms. The summed E-state index contributed by atoms with van der Waals surface area (Å²) in [6, 6.07) is 34.6. The third-order valence-electron chi connectivity index (χ3n) is 9.82. The predicted octanol–water partition coefficient (Wildman–Crippen LogP) is 10.6. The fraction of sp³-hybridized carbons (Fsp3) is 0.0208. The van der Waals surface area contributed by atoms with Crippen LogP contribution >= 0.6 is 0 Å². The summed E-state index contributed by atoms with van der Waals surface area (Å²) < 4.78 is 0. The van der Waals surface area contributed by atoms with Gasteiger partial charge in [-0.1, -0.05) is 66.5 Å². The second kappa shape index (κ2) is 13.7. The molecular formula is C48H31N7. The minimum absolute atomic E-state index is 0.142. The average molecular weight is 706 g/mol. The number of rotatable bonds is 4. The molecule has 2 aliphatic heterocycles. The third-order valence-corrected chi connectivity index (χ3v) is 9.82. The molecule has 2 N–H and O–H groups in total. The van der Waals surface area contributed by atoms with Crippen molar-refractivity contribution >= 4 is 46.4 Å². The van der Waals surface area contributed by atoms with Gasteiger partial charge in [0.05, 0.1) is 62.3 Å². The van der Waals surface area contributed by atoms with Crippen LogP contribution in [0.15, 0.2) is 146 Å². The lowest BCUT2D eigenvalue weighted by Gasteiger charge is -2.06. The van der Waals surface area contributed by atoms with Crippen LogP contribution in [-0.4, -0.2) is 34.9 Å². The first-order chi connectivity index (χ1) is 27.2. The largest absolute Gasteiger partial charge is 0.354 e. The number of allylic oxidation sites excluding steroid dienone is 4. The first-order valence-electron chi connectivity index (χ1n) is 18.1. The molecule has 1 aromatic carbocycles. The van der Waals surface area contributed by atoms with Crippen LogP contribution in [0.2, 0.25) is 0 Å². The molecule has 8 heterocycles. The molecule has 7 heteroatoms. The van der Waals surface area contributed by atoms with Crippen LogP contribution in [0.5, 0.6) is 0 Å². The Morgan fingerprint density at radius 2 is 0.855 bits per heavy atom. The monoisotopic (exact) mass is 705 g/mol. The maximum atomic E-state index is 5.35. The van der Waals surface area contributed by atoms with Crippen LogP contribution in [0, 0.1) is 17.8 Å². The summed E-state index contributed by atoms with van der Waals surface area (Å²) in [5.74, 6) is 6.82. The molecule has 55 heavy (non-hydrogen) atoms. The zero-order chi connectivity index (χ0) is 36.6. The summed E-state index contributed by atoms with van der Waals surface area (Å²) in [6.07, 6.45) is 22.0. The van der Waals surface area contributed by atoms with Crippen LogP contribution in [0.1, 0.15) is 28.3 Å². The lowest BCUT2D eigenvalue weighted by atomic mass is 10.0. The normalized spacial score (nSPS) is 12.9. The van der Waals surface area contributed by atoms with Crippen molar-refractivity contribution < 1.29 is 0 Å². The van der Waals surface area contributed by atoms with E-state index in [9.17, 15) is 0 Å². The van der Waals surface area contributed by atoms with Gasteiger partial charge in [0.2, 0.25) is 0 Å². The van der Waals surface area contributed by atoms with Crippen molar-refractivity contribution in [3.8, 4) is 56.7 Å². The summed E-state index contributed by atoms with van der Waals surface area (Å²) in [7, 11) is 0. The molecule has 0 atom stereocenters. The molecular weight excluding hydrogens is 675 g/mol. The number of nitrogens with zero attached hydrogens (tertiary/aromatic N) is 5. The van der Waals surface area contributed by atoms with E-state index in [0.29, 0.717) is 0 Å². The van der Waals surface area contributed by atoms with Gasteiger partial charge in [0.25, 0.3) is 0 Å². The molecule has 0 unspecified atom stereocenters. The van der Waals surface area contributed by atoms with Gasteiger partial charge in [-0.2, -0.15) is 0 Å². The number of hydrogen-bond donors (Lipinski definition) is 2.